The molecule has 1 aliphatic carbocycles. The number of rotatable bonds is 7. The van der Waals surface area contributed by atoms with Crippen LogP contribution in [0.25, 0.3) is 0 Å². The summed E-state index contributed by atoms with van der Waals surface area (Å²) in [7, 11) is 0. The molecular weight excluding hydrogens is 382 g/mol. The Kier molecular flexibility index (Phi) is 6.42. The van der Waals surface area contributed by atoms with E-state index < -0.39 is 0 Å². The number of ether oxygens (including phenoxy) is 1. The molecule has 0 aliphatic heterocycles. The summed E-state index contributed by atoms with van der Waals surface area (Å²) in [6.07, 6.45) is 10.2. The van der Waals surface area contributed by atoms with Crippen LogP contribution >= 0.6 is 11.8 Å². The van der Waals surface area contributed by atoms with Crippen molar-refractivity contribution in [3.05, 3.63) is 78.2 Å². The number of hydrogen-bond donors (Lipinski definition) is 1. The summed E-state index contributed by atoms with van der Waals surface area (Å²) < 4.78 is 5.82. The van der Waals surface area contributed by atoms with E-state index in [0.717, 1.165) is 10.6 Å². The molecule has 1 N–H and O–H groups in total. The number of nitrogens with zero attached hydrogens (tertiary/aromatic N) is 2. The van der Waals surface area contributed by atoms with Crippen LogP contribution in [0, 0.1) is 0 Å². The van der Waals surface area contributed by atoms with Crippen LogP contribution in [0.3, 0.4) is 0 Å². The molecule has 3 aromatic rings. The maximum atomic E-state index is 12.9. The zero-order valence-electron chi connectivity index (χ0n) is 16.1. The van der Waals surface area contributed by atoms with Gasteiger partial charge >= 0.3 is 0 Å². The first-order valence-corrected chi connectivity index (χ1v) is 10.7. The fourth-order valence-corrected chi connectivity index (χ4v) is 4.63. The van der Waals surface area contributed by atoms with Crippen LogP contribution < -0.4 is 10.1 Å². The summed E-state index contributed by atoms with van der Waals surface area (Å²) in [5.41, 5.74) is 2.30. The lowest BCUT2D eigenvalue weighted by molar-refractivity contribution is 0.102. The van der Waals surface area contributed by atoms with E-state index >= 15 is 0 Å². The highest BCUT2D eigenvalue weighted by Gasteiger charge is 2.20. The standard InChI is InChI=1S/C23H23N3O2S/c27-22(21-11-5-13-25-23(21)29-20-9-1-2-10-20)26-18-7-3-8-19(14-18)28-16-17-6-4-12-24-15-17/h3-8,11-15,20H,1-2,9-10,16H2,(H,26,27). The normalized spacial score (nSPS) is 13.9. The second-order valence-electron chi connectivity index (χ2n) is 7.01. The van der Waals surface area contributed by atoms with Crippen molar-refractivity contribution >= 4 is 23.4 Å². The largest absolute Gasteiger partial charge is 0.489 e. The molecule has 0 saturated heterocycles. The van der Waals surface area contributed by atoms with Gasteiger partial charge in [-0.25, -0.2) is 4.98 Å². The molecule has 0 unspecified atom stereocenters. The van der Waals surface area contributed by atoms with E-state index in [1.807, 2.05) is 42.5 Å². The summed E-state index contributed by atoms with van der Waals surface area (Å²) in [5, 5.41) is 4.34. The summed E-state index contributed by atoms with van der Waals surface area (Å²) in [6, 6.07) is 14.9. The van der Waals surface area contributed by atoms with Crippen molar-refractivity contribution in [2.24, 2.45) is 0 Å². The average molecular weight is 406 g/mol. The first kappa shape index (κ1) is 19.5. The average Bonchev–Trinajstić information content (AvgIpc) is 3.27. The monoisotopic (exact) mass is 405 g/mol. The van der Waals surface area contributed by atoms with E-state index in [1.165, 1.54) is 25.7 Å². The topological polar surface area (TPSA) is 64.1 Å². The Bertz CT molecular complexity index is 959. The van der Waals surface area contributed by atoms with Crippen molar-refractivity contribution in [2.75, 3.05) is 5.32 Å². The van der Waals surface area contributed by atoms with Crippen LogP contribution in [-0.2, 0) is 6.61 Å². The lowest BCUT2D eigenvalue weighted by atomic mass is 10.2. The van der Waals surface area contributed by atoms with Crippen LogP contribution in [0.1, 0.15) is 41.6 Å². The highest BCUT2D eigenvalue weighted by atomic mass is 32.2. The Balaban J connectivity index is 1.42. The number of amides is 1. The number of thioether (sulfide) groups is 1. The number of carbonyl (C=O) groups excluding carboxylic acids is 1. The molecular formula is C23H23N3O2S. The molecule has 1 saturated carbocycles. The molecule has 2 aromatic heterocycles. The van der Waals surface area contributed by atoms with Gasteiger partial charge in [0.25, 0.3) is 5.91 Å². The summed E-state index contributed by atoms with van der Waals surface area (Å²) in [5.74, 6) is 0.543. The molecule has 0 radical (unpaired) electrons. The fourth-order valence-electron chi connectivity index (χ4n) is 3.33. The van der Waals surface area contributed by atoms with Gasteiger partial charge in [-0.15, -0.1) is 11.8 Å². The molecule has 1 amide bonds. The van der Waals surface area contributed by atoms with Gasteiger partial charge in [0, 0.05) is 41.2 Å². The zero-order valence-corrected chi connectivity index (χ0v) is 16.9. The quantitative estimate of drug-likeness (QED) is 0.575. The van der Waals surface area contributed by atoms with E-state index in [9.17, 15) is 4.79 Å². The number of carbonyl (C=O) groups is 1. The molecule has 2 heterocycles. The number of nitrogens with one attached hydrogen (secondary N) is 1. The molecule has 0 spiro atoms. The van der Waals surface area contributed by atoms with E-state index in [0.29, 0.717) is 28.9 Å². The van der Waals surface area contributed by atoms with Crippen molar-refractivity contribution in [1.82, 2.24) is 9.97 Å². The smallest absolute Gasteiger partial charge is 0.258 e. The molecule has 5 nitrogen and oxygen atoms in total. The van der Waals surface area contributed by atoms with E-state index in [2.05, 4.69) is 15.3 Å². The predicted octanol–water partition coefficient (Wildman–Crippen LogP) is 5.34. The second kappa shape index (κ2) is 9.56. The molecule has 29 heavy (non-hydrogen) atoms. The zero-order chi connectivity index (χ0) is 19.9. The number of benzene rings is 1. The third kappa shape index (κ3) is 5.35. The Labute approximate surface area is 174 Å². The van der Waals surface area contributed by atoms with E-state index in [4.69, 9.17) is 4.74 Å². The Morgan fingerprint density at radius 1 is 1.10 bits per heavy atom. The number of anilines is 1. The Morgan fingerprint density at radius 2 is 1.97 bits per heavy atom. The predicted molar refractivity (Wildman–Crippen MR) is 115 cm³/mol. The molecule has 0 atom stereocenters. The van der Waals surface area contributed by atoms with Gasteiger partial charge in [0.2, 0.25) is 0 Å². The first-order valence-electron chi connectivity index (χ1n) is 9.83. The Hall–Kier alpha value is -2.86. The van der Waals surface area contributed by atoms with Crippen LogP contribution in [0.2, 0.25) is 0 Å². The van der Waals surface area contributed by atoms with Crippen molar-refractivity contribution in [3.63, 3.8) is 0 Å². The van der Waals surface area contributed by atoms with Gasteiger partial charge in [0.1, 0.15) is 17.4 Å². The van der Waals surface area contributed by atoms with Crippen molar-refractivity contribution in [1.29, 1.82) is 0 Å². The van der Waals surface area contributed by atoms with Gasteiger partial charge in [0.05, 0.1) is 5.56 Å². The van der Waals surface area contributed by atoms with Crippen molar-refractivity contribution < 1.29 is 9.53 Å². The lowest BCUT2D eigenvalue weighted by Gasteiger charge is -2.13. The minimum absolute atomic E-state index is 0.150. The van der Waals surface area contributed by atoms with E-state index in [1.54, 1.807) is 36.4 Å². The fraction of sp³-hybridized carbons (Fsp3) is 0.261. The summed E-state index contributed by atoms with van der Waals surface area (Å²) >= 11 is 1.72. The van der Waals surface area contributed by atoms with Crippen molar-refractivity contribution in [3.8, 4) is 5.75 Å². The highest BCUT2D eigenvalue weighted by molar-refractivity contribution is 7.99. The third-order valence-corrected chi connectivity index (χ3v) is 6.17. The minimum atomic E-state index is -0.150. The minimum Gasteiger partial charge on any atom is -0.489 e. The van der Waals surface area contributed by atoms with Crippen LogP contribution in [-0.4, -0.2) is 21.1 Å². The SMILES string of the molecule is O=C(Nc1cccc(OCc2cccnc2)c1)c1cccnc1SC1CCCC1. The van der Waals surface area contributed by atoms with Crippen LogP contribution in [0.15, 0.2) is 72.1 Å². The van der Waals surface area contributed by atoms with Crippen molar-refractivity contribution in [2.45, 2.75) is 42.6 Å². The molecule has 6 heteroatoms. The van der Waals surface area contributed by atoms with Gasteiger partial charge in [-0.1, -0.05) is 25.0 Å². The Morgan fingerprint density at radius 3 is 2.79 bits per heavy atom. The van der Waals surface area contributed by atoms with E-state index in [-0.39, 0.29) is 5.91 Å². The molecule has 1 aliphatic rings. The molecule has 1 aromatic carbocycles. The highest BCUT2D eigenvalue weighted by Crippen LogP contribution is 2.35. The summed E-state index contributed by atoms with van der Waals surface area (Å²) in [4.78, 5) is 21.4. The first-order chi connectivity index (χ1) is 14.3. The van der Waals surface area contributed by atoms with Crippen LogP contribution in [0.4, 0.5) is 5.69 Å². The number of aromatic nitrogens is 2. The van der Waals surface area contributed by atoms with Gasteiger partial charge in [-0.2, -0.15) is 0 Å². The number of pyridine rings is 2. The number of hydrogen-bond acceptors (Lipinski definition) is 5. The molecule has 4 rings (SSSR count). The lowest BCUT2D eigenvalue weighted by Crippen LogP contribution is -2.14. The molecule has 148 valence electrons. The van der Waals surface area contributed by atoms with Crippen LogP contribution in [0.5, 0.6) is 5.75 Å². The van der Waals surface area contributed by atoms with Gasteiger partial charge < -0.3 is 10.1 Å². The molecule has 0 bridgehead atoms. The maximum absolute atomic E-state index is 12.9. The van der Waals surface area contributed by atoms with Gasteiger partial charge in [-0.3, -0.25) is 9.78 Å². The third-order valence-electron chi connectivity index (χ3n) is 4.82. The van der Waals surface area contributed by atoms with Gasteiger partial charge in [0.15, 0.2) is 0 Å². The maximum Gasteiger partial charge on any atom is 0.258 e. The molecule has 1 fully saturated rings. The second-order valence-corrected chi connectivity index (χ2v) is 8.30. The summed E-state index contributed by atoms with van der Waals surface area (Å²) in [6.45, 7) is 0.427. The van der Waals surface area contributed by atoms with Gasteiger partial charge in [-0.05, 0) is 43.2 Å².